The van der Waals surface area contributed by atoms with Crippen LogP contribution in [0.1, 0.15) is 25.7 Å². The molecule has 2 saturated heterocycles. The highest BCUT2D eigenvalue weighted by molar-refractivity contribution is 7.98. The van der Waals surface area contributed by atoms with Gasteiger partial charge >= 0.3 is 0 Å². The molecule has 3 rings (SSSR count). The normalized spacial score (nSPS) is 21.3. The van der Waals surface area contributed by atoms with E-state index >= 15 is 0 Å². The van der Waals surface area contributed by atoms with E-state index < -0.39 is 10.0 Å². The summed E-state index contributed by atoms with van der Waals surface area (Å²) < 4.78 is 27.2. The van der Waals surface area contributed by atoms with Gasteiger partial charge in [0.05, 0.1) is 4.90 Å². The first-order valence-corrected chi connectivity index (χ1v) is 12.2. The van der Waals surface area contributed by atoms with Gasteiger partial charge in [-0.2, -0.15) is 4.31 Å². The van der Waals surface area contributed by atoms with Crippen molar-refractivity contribution in [3.05, 3.63) is 24.3 Å². The molecule has 2 aliphatic heterocycles. The van der Waals surface area contributed by atoms with Crippen LogP contribution in [0.3, 0.4) is 0 Å². The Morgan fingerprint density at radius 2 is 1.63 bits per heavy atom. The fraction of sp³-hybridized carbons (Fsp3) is 0.632. The Bertz CT molecular complexity index is 736. The van der Waals surface area contributed by atoms with E-state index in [9.17, 15) is 13.2 Å². The zero-order chi connectivity index (χ0) is 19.4. The second-order valence-corrected chi connectivity index (χ2v) is 10.3. The predicted octanol–water partition coefficient (Wildman–Crippen LogP) is 2.02. The van der Waals surface area contributed by atoms with Crippen LogP contribution in [0.25, 0.3) is 0 Å². The number of carbonyl (C=O) groups is 1. The third-order valence-electron chi connectivity index (χ3n) is 5.59. The Morgan fingerprint density at radius 1 is 1.04 bits per heavy atom. The van der Waals surface area contributed by atoms with Crippen molar-refractivity contribution in [1.29, 1.82) is 0 Å². The first-order chi connectivity index (χ1) is 12.9. The van der Waals surface area contributed by atoms with Gasteiger partial charge in [-0.15, -0.1) is 11.8 Å². The molecule has 2 fully saturated rings. The summed E-state index contributed by atoms with van der Waals surface area (Å²) in [6.45, 7) is 2.82. The molecule has 0 aliphatic carbocycles. The van der Waals surface area contributed by atoms with Gasteiger partial charge in [0.1, 0.15) is 0 Å². The number of piperidine rings is 2. The topological polar surface area (TPSA) is 69.7 Å². The van der Waals surface area contributed by atoms with Crippen LogP contribution in [0.4, 0.5) is 0 Å². The zero-order valence-corrected chi connectivity index (χ0v) is 17.7. The molecule has 0 saturated carbocycles. The van der Waals surface area contributed by atoms with Crippen LogP contribution in [0, 0.1) is 5.92 Å². The third-order valence-corrected chi connectivity index (χ3v) is 8.24. The Labute approximate surface area is 166 Å². The number of rotatable bonds is 5. The summed E-state index contributed by atoms with van der Waals surface area (Å²) in [7, 11) is -1.38. The van der Waals surface area contributed by atoms with Crippen LogP contribution in [0.15, 0.2) is 34.1 Å². The van der Waals surface area contributed by atoms with Crippen molar-refractivity contribution in [3.63, 3.8) is 0 Å². The minimum atomic E-state index is -3.48. The average molecular weight is 412 g/mol. The molecule has 1 N–H and O–H groups in total. The van der Waals surface area contributed by atoms with E-state index in [1.807, 2.05) is 18.4 Å². The lowest BCUT2D eigenvalue weighted by Crippen LogP contribution is -2.48. The molecule has 0 radical (unpaired) electrons. The lowest BCUT2D eigenvalue weighted by molar-refractivity contribution is -0.127. The Morgan fingerprint density at radius 3 is 2.19 bits per heavy atom. The summed E-state index contributed by atoms with van der Waals surface area (Å²) in [5, 5.41) is 3.17. The Kier molecular flexibility index (Phi) is 6.83. The summed E-state index contributed by atoms with van der Waals surface area (Å²) in [6, 6.07) is 7.25. The molecule has 0 unspecified atom stereocenters. The monoisotopic (exact) mass is 411 g/mol. The highest BCUT2D eigenvalue weighted by Gasteiger charge is 2.33. The average Bonchev–Trinajstić information content (AvgIpc) is 2.70. The van der Waals surface area contributed by atoms with Crippen molar-refractivity contribution in [2.24, 2.45) is 5.92 Å². The number of carbonyl (C=O) groups excluding carboxylic acids is 1. The van der Waals surface area contributed by atoms with Gasteiger partial charge in [-0.05, 0) is 76.3 Å². The molecule has 0 aromatic heterocycles. The maximum Gasteiger partial charge on any atom is 0.243 e. The SMILES string of the molecule is CSc1ccc(S(=O)(=O)N2CCC(C(=O)NC3CCN(C)CC3)CC2)cc1. The van der Waals surface area contributed by atoms with Gasteiger partial charge in [0.25, 0.3) is 0 Å². The molecule has 0 spiro atoms. The molecular formula is C19H29N3O3S2. The fourth-order valence-electron chi connectivity index (χ4n) is 3.73. The zero-order valence-electron chi connectivity index (χ0n) is 16.1. The summed E-state index contributed by atoms with van der Waals surface area (Å²) in [5.74, 6) is 0.000832. The lowest BCUT2D eigenvalue weighted by Gasteiger charge is -2.33. The molecule has 27 heavy (non-hydrogen) atoms. The van der Waals surface area contributed by atoms with Crippen LogP contribution in [-0.4, -0.2) is 69.1 Å². The molecule has 1 aromatic carbocycles. The maximum absolute atomic E-state index is 12.8. The van der Waals surface area contributed by atoms with Gasteiger partial charge in [0, 0.05) is 29.9 Å². The fourth-order valence-corrected chi connectivity index (χ4v) is 5.61. The third kappa shape index (κ3) is 5.04. The highest BCUT2D eigenvalue weighted by atomic mass is 32.2. The smallest absolute Gasteiger partial charge is 0.243 e. The first-order valence-electron chi connectivity index (χ1n) is 9.53. The van der Waals surface area contributed by atoms with Gasteiger partial charge in [-0.1, -0.05) is 0 Å². The summed E-state index contributed by atoms with van der Waals surface area (Å²) in [6.07, 6.45) is 5.11. The lowest BCUT2D eigenvalue weighted by atomic mass is 9.96. The maximum atomic E-state index is 12.8. The highest BCUT2D eigenvalue weighted by Crippen LogP contribution is 2.26. The number of likely N-dealkylation sites (tertiary alicyclic amines) is 1. The van der Waals surface area contributed by atoms with E-state index in [2.05, 4.69) is 17.3 Å². The van der Waals surface area contributed by atoms with Crippen molar-refractivity contribution in [3.8, 4) is 0 Å². The largest absolute Gasteiger partial charge is 0.353 e. The van der Waals surface area contributed by atoms with E-state index in [0.29, 0.717) is 30.8 Å². The summed E-state index contributed by atoms with van der Waals surface area (Å²) in [4.78, 5) is 16.2. The number of hydrogen-bond acceptors (Lipinski definition) is 5. The number of nitrogens with one attached hydrogen (secondary N) is 1. The number of sulfonamides is 1. The van der Waals surface area contributed by atoms with Crippen molar-refractivity contribution >= 4 is 27.7 Å². The van der Waals surface area contributed by atoms with Gasteiger partial charge in [-0.3, -0.25) is 4.79 Å². The van der Waals surface area contributed by atoms with E-state index in [4.69, 9.17) is 0 Å². The van der Waals surface area contributed by atoms with Crippen molar-refractivity contribution < 1.29 is 13.2 Å². The van der Waals surface area contributed by atoms with E-state index in [1.54, 1.807) is 23.9 Å². The van der Waals surface area contributed by atoms with Crippen LogP contribution >= 0.6 is 11.8 Å². The van der Waals surface area contributed by atoms with Crippen molar-refractivity contribution in [1.82, 2.24) is 14.5 Å². The first kappa shape index (κ1) is 20.6. The van der Waals surface area contributed by atoms with Gasteiger partial charge in [-0.25, -0.2) is 8.42 Å². The number of amides is 1. The van der Waals surface area contributed by atoms with E-state index in [-0.39, 0.29) is 17.9 Å². The van der Waals surface area contributed by atoms with E-state index in [1.165, 1.54) is 4.31 Å². The van der Waals surface area contributed by atoms with Gasteiger partial charge in [0.15, 0.2) is 0 Å². The predicted molar refractivity (Wildman–Crippen MR) is 108 cm³/mol. The number of benzene rings is 1. The van der Waals surface area contributed by atoms with Crippen LogP contribution in [-0.2, 0) is 14.8 Å². The standard InChI is InChI=1S/C19H29N3O3S2/c1-21-11-9-16(10-12-21)20-19(23)15-7-13-22(14-8-15)27(24,25)18-5-3-17(26-2)4-6-18/h3-6,15-16H,7-14H2,1-2H3,(H,20,23). The molecule has 2 heterocycles. The van der Waals surface area contributed by atoms with Gasteiger partial charge < -0.3 is 10.2 Å². The Balaban J connectivity index is 1.53. The van der Waals surface area contributed by atoms with Gasteiger partial charge in [0.2, 0.25) is 15.9 Å². The molecule has 2 aliphatic rings. The Hall–Kier alpha value is -1.09. The number of nitrogens with zero attached hydrogens (tertiary/aromatic N) is 2. The second kappa shape index (κ2) is 8.94. The molecule has 6 nitrogen and oxygen atoms in total. The number of hydrogen-bond donors (Lipinski definition) is 1. The quantitative estimate of drug-likeness (QED) is 0.751. The second-order valence-electron chi connectivity index (χ2n) is 7.44. The molecule has 0 atom stereocenters. The van der Waals surface area contributed by atoms with Crippen LogP contribution < -0.4 is 5.32 Å². The molecule has 0 bridgehead atoms. The van der Waals surface area contributed by atoms with Crippen molar-refractivity contribution in [2.45, 2.75) is 41.5 Å². The van der Waals surface area contributed by atoms with E-state index in [0.717, 1.165) is 30.8 Å². The van der Waals surface area contributed by atoms with Crippen molar-refractivity contribution in [2.75, 3.05) is 39.5 Å². The number of thioether (sulfide) groups is 1. The molecule has 8 heteroatoms. The molecule has 150 valence electrons. The minimum absolute atomic E-state index is 0.0880. The van der Waals surface area contributed by atoms with Crippen LogP contribution in [0.2, 0.25) is 0 Å². The molecule has 1 amide bonds. The molecule has 1 aromatic rings. The molecular weight excluding hydrogens is 382 g/mol. The summed E-state index contributed by atoms with van der Waals surface area (Å²) in [5.41, 5.74) is 0. The summed E-state index contributed by atoms with van der Waals surface area (Å²) >= 11 is 1.59. The van der Waals surface area contributed by atoms with Crippen LogP contribution in [0.5, 0.6) is 0 Å². The minimum Gasteiger partial charge on any atom is -0.353 e.